The number of carbonyl (C=O) groups excluding carboxylic acids is 4. The van der Waals surface area contributed by atoms with Crippen LogP contribution in [0.1, 0.15) is 41.4 Å². The molecule has 0 aromatic heterocycles. The van der Waals surface area contributed by atoms with Crippen LogP contribution in [0.25, 0.3) is 0 Å². The van der Waals surface area contributed by atoms with Gasteiger partial charge in [-0.1, -0.05) is 52.5 Å². The van der Waals surface area contributed by atoms with Crippen LogP contribution in [-0.4, -0.2) is 45.0 Å². The maximum Gasteiger partial charge on any atom is 0.282 e. The number of hydrogen-bond donors (Lipinski definition) is 0. The van der Waals surface area contributed by atoms with Gasteiger partial charge in [0.25, 0.3) is 23.4 Å². The molecule has 0 bridgehead atoms. The fourth-order valence-electron chi connectivity index (χ4n) is 3.55. The minimum atomic E-state index is -1.14. The van der Waals surface area contributed by atoms with Crippen LogP contribution in [0.3, 0.4) is 0 Å². The molecule has 1 aliphatic heterocycles. The molecule has 3 aromatic carbocycles. The molecule has 1 aliphatic rings. The molecule has 3 aromatic rings. The lowest BCUT2D eigenvalue weighted by Crippen LogP contribution is -2.51. The van der Waals surface area contributed by atoms with Crippen molar-refractivity contribution < 1.29 is 28.5 Å². The van der Waals surface area contributed by atoms with Gasteiger partial charge in [0.2, 0.25) is 0 Å². The van der Waals surface area contributed by atoms with Crippen molar-refractivity contribution in [3.05, 3.63) is 107 Å². The van der Waals surface area contributed by atoms with E-state index in [1.807, 2.05) is 0 Å². The van der Waals surface area contributed by atoms with Crippen LogP contribution in [0.5, 0.6) is 0 Å². The topological polar surface area (TPSA) is 118 Å². The zero-order valence-electron chi connectivity index (χ0n) is 18.0. The Hall–Kier alpha value is -3.57. The average Bonchev–Trinajstić information content (AvgIpc) is 3.14. The summed E-state index contributed by atoms with van der Waals surface area (Å²) >= 11 is 24.4. The van der Waals surface area contributed by atoms with E-state index in [4.69, 9.17) is 46.4 Å². The number of hydrogen-bond acceptors (Lipinski definition) is 6. The first-order chi connectivity index (χ1) is 17.4. The molecule has 3 amide bonds. The average molecular weight is 585 g/mol. The van der Waals surface area contributed by atoms with E-state index in [9.17, 15) is 33.7 Å². The molecule has 0 N–H and O–H groups in total. The van der Waals surface area contributed by atoms with Crippen LogP contribution >= 0.6 is 46.4 Å². The minimum Gasteiger partial charge on any atom is -0.292 e. The van der Waals surface area contributed by atoms with Crippen LogP contribution < -0.4 is 0 Å². The van der Waals surface area contributed by atoms with Crippen molar-refractivity contribution >= 4 is 75.6 Å². The van der Waals surface area contributed by atoms with Crippen molar-refractivity contribution in [1.29, 1.82) is 0 Å². The summed E-state index contributed by atoms with van der Waals surface area (Å²) in [6, 6.07) is 8.72. The van der Waals surface area contributed by atoms with Crippen LogP contribution in [0, 0.1) is 15.9 Å². The van der Waals surface area contributed by atoms with Crippen molar-refractivity contribution in [2.75, 3.05) is 6.54 Å². The lowest BCUT2D eigenvalue weighted by Gasteiger charge is -2.29. The standard InChI is InChI=1S/C23H10Cl4FN3O6/c24-17-15-16(18(25)20(27)19(17)26)23(35)30(22(15)34)29(9-14(32)10-4-6-12(28)7-5-10)21(33)11-2-1-3-13(8-11)31(36)37/h1-8H,9H2. The van der Waals surface area contributed by atoms with E-state index in [0.29, 0.717) is 10.0 Å². The Bertz CT molecular complexity index is 1480. The van der Waals surface area contributed by atoms with Crippen LogP contribution in [0.15, 0.2) is 48.5 Å². The smallest absolute Gasteiger partial charge is 0.282 e. The molecule has 0 atom stereocenters. The lowest BCUT2D eigenvalue weighted by atomic mass is 10.1. The number of ketones is 1. The first-order valence-corrected chi connectivity index (χ1v) is 11.5. The van der Waals surface area contributed by atoms with E-state index in [0.717, 1.165) is 36.4 Å². The Labute approximate surface area is 227 Å². The van der Waals surface area contributed by atoms with Crippen LogP contribution in [0.2, 0.25) is 20.1 Å². The van der Waals surface area contributed by atoms with Gasteiger partial charge in [-0.3, -0.25) is 29.3 Å². The number of imide groups is 1. The number of halogens is 5. The summed E-state index contributed by atoms with van der Waals surface area (Å²) in [7, 11) is 0. The van der Waals surface area contributed by atoms with Gasteiger partial charge < -0.3 is 0 Å². The number of Topliss-reactive ketones (excluding diaryl/α,β-unsaturated/α-hetero) is 1. The number of nitrogens with zero attached hydrogens (tertiary/aromatic N) is 3. The summed E-state index contributed by atoms with van der Waals surface area (Å²) in [5, 5.41) is 10.6. The van der Waals surface area contributed by atoms with Gasteiger partial charge in [0.1, 0.15) is 12.4 Å². The highest BCUT2D eigenvalue weighted by molar-refractivity contribution is 6.55. The second-order valence-electron chi connectivity index (χ2n) is 7.53. The van der Waals surface area contributed by atoms with Gasteiger partial charge in [-0.2, -0.15) is 5.01 Å². The molecule has 0 unspecified atom stereocenters. The number of carbonyl (C=O) groups is 4. The van der Waals surface area contributed by atoms with E-state index in [1.54, 1.807) is 0 Å². The normalized spacial score (nSPS) is 12.5. The number of nitro benzene ring substituents is 1. The molecule has 0 radical (unpaired) electrons. The van der Waals surface area contributed by atoms with E-state index in [2.05, 4.69) is 0 Å². The SMILES string of the molecule is O=C(CN(C(=O)c1cccc([N+](=O)[O-])c1)N1C(=O)c2c(Cl)c(Cl)c(Cl)c(Cl)c2C1=O)c1ccc(F)cc1. The molecule has 188 valence electrons. The van der Waals surface area contributed by atoms with Gasteiger partial charge in [0.15, 0.2) is 5.78 Å². The molecule has 0 spiro atoms. The van der Waals surface area contributed by atoms with Crippen molar-refractivity contribution in [3.63, 3.8) is 0 Å². The third-order valence-corrected chi connectivity index (χ3v) is 7.12. The van der Waals surface area contributed by atoms with E-state index < -0.39 is 67.6 Å². The molecule has 9 nitrogen and oxygen atoms in total. The van der Waals surface area contributed by atoms with Crippen molar-refractivity contribution in [1.82, 2.24) is 10.0 Å². The van der Waals surface area contributed by atoms with E-state index >= 15 is 0 Å². The second kappa shape index (κ2) is 10.1. The lowest BCUT2D eigenvalue weighted by molar-refractivity contribution is -0.384. The van der Waals surface area contributed by atoms with Gasteiger partial charge in [-0.25, -0.2) is 9.40 Å². The molecule has 0 saturated carbocycles. The summed E-state index contributed by atoms with van der Waals surface area (Å²) in [4.78, 5) is 63.7. The van der Waals surface area contributed by atoms with E-state index in [1.165, 1.54) is 12.1 Å². The first kappa shape index (κ1) is 26.5. The second-order valence-corrected chi connectivity index (χ2v) is 9.04. The largest absolute Gasteiger partial charge is 0.292 e. The quantitative estimate of drug-likeness (QED) is 0.0891. The zero-order chi connectivity index (χ0) is 27.2. The molecule has 0 saturated heterocycles. The van der Waals surface area contributed by atoms with Gasteiger partial charge in [0.05, 0.1) is 36.1 Å². The molecule has 0 aliphatic carbocycles. The van der Waals surface area contributed by atoms with E-state index in [-0.39, 0.29) is 21.2 Å². The van der Waals surface area contributed by atoms with Gasteiger partial charge >= 0.3 is 0 Å². The third kappa shape index (κ3) is 4.64. The number of fused-ring (bicyclic) bond motifs is 1. The Morgan fingerprint density at radius 1 is 0.865 bits per heavy atom. The summed E-state index contributed by atoms with van der Waals surface area (Å²) in [5.41, 5.74) is -1.71. The Morgan fingerprint density at radius 3 is 1.92 bits per heavy atom. The summed E-state index contributed by atoms with van der Waals surface area (Å²) < 4.78 is 13.3. The fourth-order valence-corrected chi connectivity index (χ4v) is 4.57. The fraction of sp³-hybridized carbons (Fsp3) is 0.0435. The third-order valence-electron chi connectivity index (χ3n) is 5.32. The maximum atomic E-state index is 13.5. The number of rotatable bonds is 6. The minimum absolute atomic E-state index is 0.0444. The number of nitro groups is 1. The summed E-state index contributed by atoms with van der Waals surface area (Å²) in [6.45, 7) is -0.894. The molecule has 37 heavy (non-hydrogen) atoms. The van der Waals surface area contributed by atoms with Crippen LogP contribution in [-0.2, 0) is 0 Å². The molecule has 0 fully saturated rings. The molecular weight excluding hydrogens is 575 g/mol. The van der Waals surface area contributed by atoms with Gasteiger partial charge in [0, 0.05) is 23.3 Å². The highest BCUT2D eigenvalue weighted by Gasteiger charge is 2.46. The maximum absolute atomic E-state index is 13.5. The predicted octanol–water partition coefficient (Wildman–Crippen LogP) is 5.88. The highest BCUT2D eigenvalue weighted by atomic mass is 35.5. The highest BCUT2D eigenvalue weighted by Crippen LogP contribution is 2.45. The summed E-state index contributed by atoms with van der Waals surface area (Å²) in [5.74, 6) is -4.81. The van der Waals surface area contributed by atoms with Gasteiger partial charge in [-0.15, -0.1) is 0 Å². The molecule has 14 heteroatoms. The number of non-ortho nitro benzene ring substituents is 1. The predicted molar refractivity (Wildman–Crippen MR) is 132 cm³/mol. The Balaban J connectivity index is 1.83. The Morgan fingerprint density at radius 2 is 1.41 bits per heavy atom. The molecular formula is C23H10Cl4FN3O6. The first-order valence-electron chi connectivity index (χ1n) is 10.0. The molecule has 1 heterocycles. The molecule has 4 rings (SSSR count). The van der Waals surface area contributed by atoms with Crippen molar-refractivity contribution in [3.8, 4) is 0 Å². The zero-order valence-corrected chi connectivity index (χ0v) is 21.0. The number of hydrazine groups is 1. The Kier molecular flexibility index (Phi) is 7.20. The van der Waals surface area contributed by atoms with Crippen LogP contribution in [0.4, 0.5) is 10.1 Å². The van der Waals surface area contributed by atoms with Gasteiger partial charge in [-0.05, 0) is 30.3 Å². The summed E-state index contributed by atoms with van der Waals surface area (Å²) in [6.07, 6.45) is 0. The number of benzene rings is 3. The monoisotopic (exact) mass is 583 g/mol. The van der Waals surface area contributed by atoms with Crippen molar-refractivity contribution in [2.45, 2.75) is 0 Å². The van der Waals surface area contributed by atoms with Crippen molar-refractivity contribution in [2.24, 2.45) is 0 Å². The number of amides is 3.